The Kier molecular flexibility index (Phi) is 5.22. The molecule has 2 amide bonds. The Labute approximate surface area is 187 Å². The molecule has 0 bridgehead atoms. The molecule has 1 saturated carbocycles. The van der Waals surface area contributed by atoms with Crippen molar-refractivity contribution in [2.45, 2.75) is 57.7 Å². The van der Waals surface area contributed by atoms with Gasteiger partial charge in [-0.15, -0.1) is 0 Å². The van der Waals surface area contributed by atoms with Gasteiger partial charge in [-0.05, 0) is 38.0 Å². The highest BCUT2D eigenvalue weighted by molar-refractivity contribution is 6.37. The van der Waals surface area contributed by atoms with Gasteiger partial charge >= 0.3 is 0 Å². The highest BCUT2D eigenvalue weighted by Gasteiger charge is 2.42. The monoisotopic (exact) mass is 435 g/mol. The van der Waals surface area contributed by atoms with Crippen LogP contribution in [0.5, 0.6) is 0 Å². The lowest BCUT2D eigenvalue weighted by molar-refractivity contribution is -0.128. The van der Waals surface area contributed by atoms with Crippen LogP contribution in [0.25, 0.3) is 10.9 Å². The molecular formula is C25H26ClN3O2. The zero-order valence-corrected chi connectivity index (χ0v) is 18.4. The quantitative estimate of drug-likeness (QED) is 0.619. The van der Waals surface area contributed by atoms with Crippen LogP contribution in [-0.2, 0) is 16.1 Å². The van der Waals surface area contributed by atoms with E-state index < -0.39 is 6.04 Å². The molecule has 1 atom stereocenters. The average Bonchev–Trinajstić information content (AvgIpc) is 3.06. The summed E-state index contributed by atoms with van der Waals surface area (Å²) in [6, 6.07) is 14.8. The first-order valence-corrected chi connectivity index (χ1v) is 11.4. The minimum absolute atomic E-state index is 0.113. The van der Waals surface area contributed by atoms with Crippen molar-refractivity contribution in [1.29, 1.82) is 0 Å². The van der Waals surface area contributed by atoms with Crippen molar-refractivity contribution >= 4 is 40.0 Å². The molecule has 2 aliphatic rings. The van der Waals surface area contributed by atoms with E-state index in [0.717, 1.165) is 42.1 Å². The fraction of sp³-hybridized carbons (Fsp3) is 0.360. The van der Waals surface area contributed by atoms with Crippen LogP contribution in [0.2, 0.25) is 5.02 Å². The van der Waals surface area contributed by atoms with Crippen LogP contribution in [0.3, 0.4) is 0 Å². The molecule has 6 heteroatoms. The molecule has 5 rings (SSSR count). The second kappa shape index (κ2) is 8.04. The third-order valence-corrected chi connectivity index (χ3v) is 6.94. The first kappa shape index (κ1) is 20.1. The van der Waals surface area contributed by atoms with E-state index in [4.69, 9.17) is 11.6 Å². The van der Waals surface area contributed by atoms with Gasteiger partial charge in [0.2, 0.25) is 11.8 Å². The lowest BCUT2D eigenvalue weighted by atomic mass is 9.95. The van der Waals surface area contributed by atoms with Crippen LogP contribution in [0, 0.1) is 6.92 Å². The highest BCUT2D eigenvalue weighted by Crippen LogP contribution is 2.41. The first-order chi connectivity index (χ1) is 15.0. The largest absolute Gasteiger partial charge is 0.351 e. The molecule has 1 unspecified atom stereocenters. The summed E-state index contributed by atoms with van der Waals surface area (Å²) in [5.41, 5.74) is 3.39. The minimum atomic E-state index is -0.800. The van der Waals surface area contributed by atoms with Crippen LogP contribution in [0.4, 0.5) is 5.69 Å². The number of anilines is 1. The van der Waals surface area contributed by atoms with Crippen LogP contribution >= 0.6 is 11.6 Å². The van der Waals surface area contributed by atoms with Crippen molar-refractivity contribution in [2.24, 2.45) is 0 Å². The fourth-order valence-corrected chi connectivity index (χ4v) is 5.33. The van der Waals surface area contributed by atoms with E-state index in [1.165, 1.54) is 6.42 Å². The number of carbonyl (C=O) groups excluding carboxylic acids is 2. The molecular weight excluding hydrogens is 410 g/mol. The zero-order chi connectivity index (χ0) is 21.5. The number of nitrogens with zero attached hydrogens (tertiary/aromatic N) is 2. The molecule has 160 valence electrons. The van der Waals surface area contributed by atoms with Crippen molar-refractivity contribution in [1.82, 2.24) is 9.88 Å². The normalized spacial score (nSPS) is 19.5. The molecule has 2 heterocycles. The Hall–Kier alpha value is -2.79. The Balaban J connectivity index is 1.63. The van der Waals surface area contributed by atoms with Gasteiger partial charge in [0, 0.05) is 17.1 Å². The SMILES string of the molecule is Cc1ccc(N2C(=O)Cn3c(c(Cl)c4ccccc43)C2C(=O)NC2CCCCC2)cc1. The molecule has 3 aromatic rings. The third-order valence-electron chi connectivity index (χ3n) is 6.54. The number of fused-ring (bicyclic) bond motifs is 3. The molecule has 0 saturated heterocycles. The summed E-state index contributed by atoms with van der Waals surface area (Å²) < 4.78 is 1.91. The van der Waals surface area contributed by atoms with Gasteiger partial charge in [-0.2, -0.15) is 0 Å². The maximum atomic E-state index is 13.7. The number of aromatic nitrogens is 1. The summed E-state index contributed by atoms with van der Waals surface area (Å²) in [5, 5.41) is 4.64. The van der Waals surface area contributed by atoms with E-state index >= 15 is 0 Å². The zero-order valence-electron chi connectivity index (χ0n) is 17.6. The predicted molar refractivity (Wildman–Crippen MR) is 123 cm³/mol. The van der Waals surface area contributed by atoms with Gasteiger partial charge < -0.3 is 9.88 Å². The van der Waals surface area contributed by atoms with Crippen molar-refractivity contribution in [3.63, 3.8) is 0 Å². The standard InChI is InChI=1S/C25H26ClN3O2/c1-16-11-13-18(14-12-16)29-21(30)15-28-20-10-6-5-9-19(20)22(26)23(28)24(29)25(31)27-17-7-3-2-4-8-17/h5-6,9-14,17,24H,2-4,7-8,15H2,1H3,(H,27,31). The second-order valence-corrected chi connectivity index (χ2v) is 9.03. The molecule has 31 heavy (non-hydrogen) atoms. The maximum Gasteiger partial charge on any atom is 0.249 e. The number of rotatable bonds is 3. The Morgan fingerprint density at radius 3 is 2.48 bits per heavy atom. The van der Waals surface area contributed by atoms with Gasteiger partial charge in [0.25, 0.3) is 0 Å². The number of halogens is 1. The molecule has 1 aliphatic heterocycles. The number of para-hydroxylation sites is 1. The fourth-order valence-electron chi connectivity index (χ4n) is 4.96. The summed E-state index contributed by atoms with van der Waals surface area (Å²) in [6.45, 7) is 2.16. The lowest BCUT2D eigenvalue weighted by Crippen LogP contribution is -2.51. The van der Waals surface area contributed by atoms with E-state index in [1.54, 1.807) is 4.90 Å². The highest BCUT2D eigenvalue weighted by atomic mass is 35.5. The molecule has 0 radical (unpaired) electrons. The van der Waals surface area contributed by atoms with Crippen molar-refractivity contribution in [2.75, 3.05) is 4.90 Å². The van der Waals surface area contributed by atoms with E-state index in [9.17, 15) is 9.59 Å². The predicted octanol–water partition coefficient (Wildman–Crippen LogP) is 5.14. The number of nitrogens with one attached hydrogen (secondary N) is 1. The summed E-state index contributed by atoms with van der Waals surface area (Å²) >= 11 is 6.84. The van der Waals surface area contributed by atoms with E-state index in [1.807, 2.05) is 60.0 Å². The number of amides is 2. The second-order valence-electron chi connectivity index (χ2n) is 8.65. The van der Waals surface area contributed by atoms with Crippen molar-refractivity contribution in [3.8, 4) is 0 Å². The summed E-state index contributed by atoms with van der Waals surface area (Å²) in [6.07, 6.45) is 5.42. The Morgan fingerprint density at radius 2 is 1.74 bits per heavy atom. The Morgan fingerprint density at radius 1 is 1.03 bits per heavy atom. The Bertz CT molecular complexity index is 1150. The van der Waals surface area contributed by atoms with Crippen LogP contribution in [0.1, 0.15) is 49.4 Å². The molecule has 2 aromatic carbocycles. The molecule has 1 N–H and O–H groups in total. The van der Waals surface area contributed by atoms with E-state index in [0.29, 0.717) is 16.4 Å². The third kappa shape index (κ3) is 3.51. The first-order valence-electron chi connectivity index (χ1n) is 11.0. The van der Waals surface area contributed by atoms with E-state index in [2.05, 4.69) is 5.32 Å². The number of benzene rings is 2. The maximum absolute atomic E-state index is 13.7. The average molecular weight is 436 g/mol. The van der Waals surface area contributed by atoms with Gasteiger partial charge in [0.1, 0.15) is 6.54 Å². The van der Waals surface area contributed by atoms with Gasteiger partial charge in [0.05, 0.1) is 16.2 Å². The number of hydrogen-bond donors (Lipinski definition) is 1. The van der Waals surface area contributed by atoms with E-state index in [-0.39, 0.29) is 24.4 Å². The molecule has 0 spiro atoms. The molecule has 5 nitrogen and oxygen atoms in total. The number of carbonyl (C=O) groups is 2. The smallest absolute Gasteiger partial charge is 0.249 e. The summed E-state index contributed by atoms with van der Waals surface area (Å²) in [7, 11) is 0. The van der Waals surface area contributed by atoms with Crippen molar-refractivity contribution in [3.05, 3.63) is 64.8 Å². The summed E-state index contributed by atoms with van der Waals surface area (Å²) in [5.74, 6) is -0.274. The molecule has 1 aliphatic carbocycles. The van der Waals surface area contributed by atoms with Gasteiger partial charge in [-0.25, -0.2) is 0 Å². The van der Waals surface area contributed by atoms with Gasteiger partial charge in [0.15, 0.2) is 6.04 Å². The van der Waals surface area contributed by atoms with Crippen molar-refractivity contribution < 1.29 is 9.59 Å². The van der Waals surface area contributed by atoms with Gasteiger partial charge in [-0.1, -0.05) is 66.8 Å². The van der Waals surface area contributed by atoms with Gasteiger partial charge in [-0.3, -0.25) is 14.5 Å². The van der Waals surface area contributed by atoms with Crippen LogP contribution in [0.15, 0.2) is 48.5 Å². The molecule has 1 fully saturated rings. The topological polar surface area (TPSA) is 54.3 Å². The number of hydrogen-bond acceptors (Lipinski definition) is 2. The molecule has 1 aromatic heterocycles. The minimum Gasteiger partial charge on any atom is -0.351 e. The lowest BCUT2D eigenvalue weighted by Gasteiger charge is -2.37. The van der Waals surface area contributed by atoms with Crippen LogP contribution < -0.4 is 10.2 Å². The van der Waals surface area contributed by atoms with Crippen LogP contribution in [-0.4, -0.2) is 22.4 Å². The number of aryl methyl sites for hydroxylation is 1. The summed E-state index contributed by atoms with van der Waals surface area (Å²) in [4.78, 5) is 28.7.